The van der Waals surface area contributed by atoms with E-state index in [4.69, 9.17) is 5.11 Å². The summed E-state index contributed by atoms with van der Waals surface area (Å²) < 4.78 is 0. The summed E-state index contributed by atoms with van der Waals surface area (Å²) in [6, 6.07) is 0. The van der Waals surface area contributed by atoms with E-state index < -0.39 is 5.97 Å². The number of ketones is 1. The Hall–Kier alpha value is -1.23. The predicted molar refractivity (Wildman–Crippen MR) is 43.5 cm³/mol. The fourth-order valence-corrected chi connectivity index (χ4v) is 1.42. The summed E-state index contributed by atoms with van der Waals surface area (Å²) in [5, 5.41) is 10.3. The molecule has 1 aromatic rings. The standard InChI is InChI=1S/C7H7NO3S/c1-4(9)7-8-5(3-12-7)2-6(10)11/h3H,2H2,1H3,(H,10,11). The summed E-state index contributed by atoms with van der Waals surface area (Å²) in [6.07, 6.45) is -0.121. The molecule has 0 aliphatic rings. The number of hydrogen-bond donors (Lipinski definition) is 1. The fraction of sp³-hybridized carbons (Fsp3) is 0.286. The molecule has 0 radical (unpaired) electrons. The van der Waals surface area contributed by atoms with E-state index in [1.165, 1.54) is 18.3 Å². The highest BCUT2D eigenvalue weighted by atomic mass is 32.1. The van der Waals surface area contributed by atoms with E-state index in [0.717, 1.165) is 0 Å². The second-order valence-electron chi connectivity index (χ2n) is 2.27. The van der Waals surface area contributed by atoms with E-state index in [9.17, 15) is 9.59 Å². The van der Waals surface area contributed by atoms with Gasteiger partial charge in [-0.3, -0.25) is 9.59 Å². The lowest BCUT2D eigenvalue weighted by molar-refractivity contribution is -0.136. The van der Waals surface area contributed by atoms with Gasteiger partial charge in [0.2, 0.25) is 0 Å². The van der Waals surface area contributed by atoms with Gasteiger partial charge < -0.3 is 5.11 Å². The smallest absolute Gasteiger partial charge is 0.309 e. The third-order valence-corrected chi connectivity index (χ3v) is 2.18. The SMILES string of the molecule is CC(=O)c1nc(CC(=O)O)cs1. The normalized spacial score (nSPS) is 9.75. The van der Waals surface area contributed by atoms with Gasteiger partial charge in [0.1, 0.15) is 0 Å². The minimum Gasteiger partial charge on any atom is -0.481 e. The summed E-state index contributed by atoms with van der Waals surface area (Å²) in [7, 11) is 0. The molecule has 0 unspecified atom stereocenters. The number of carbonyl (C=O) groups is 2. The zero-order valence-corrected chi connectivity index (χ0v) is 7.22. The third-order valence-electron chi connectivity index (χ3n) is 1.19. The van der Waals surface area contributed by atoms with Gasteiger partial charge in [-0.1, -0.05) is 0 Å². The van der Waals surface area contributed by atoms with Gasteiger partial charge in [0, 0.05) is 12.3 Å². The molecular formula is C7H7NO3S. The highest BCUT2D eigenvalue weighted by molar-refractivity contribution is 7.11. The fourth-order valence-electron chi connectivity index (χ4n) is 0.705. The molecule has 0 saturated heterocycles. The molecule has 0 spiro atoms. The molecule has 0 aliphatic carbocycles. The van der Waals surface area contributed by atoms with Crippen LogP contribution >= 0.6 is 11.3 Å². The van der Waals surface area contributed by atoms with E-state index in [1.807, 2.05) is 0 Å². The maximum Gasteiger partial charge on any atom is 0.309 e. The number of Topliss-reactive ketones (excluding diaryl/α,β-unsaturated/α-hetero) is 1. The van der Waals surface area contributed by atoms with Crippen LogP contribution in [0.4, 0.5) is 0 Å². The molecule has 0 aliphatic heterocycles. The highest BCUT2D eigenvalue weighted by Crippen LogP contribution is 2.10. The summed E-state index contributed by atoms with van der Waals surface area (Å²) in [6.45, 7) is 1.41. The number of carbonyl (C=O) groups excluding carboxylic acids is 1. The minimum atomic E-state index is -0.935. The van der Waals surface area contributed by atoms with Crippen LogP contribution in [0.1, 0.15) is 22.4 Å². The number of carboxylic acid groups (broad SMARTS) is 1. The van der Waals surface area contributed by atoms with Gasteiger partial charge in [-0.05, 0) is 0 Å². The molecule has 0 bridgehead atoms. The number of rotatable bonds is 3. The monoisotopic (exact) mass is 185 g/mol. The summed E-state index contributed by atoms with van der Waals surface area (Å²) >= 11 is 1.18. The molecule has 0 amide bonds. The first-order valence-corrected chi connectivity index (χ1v) is 4.14. The van der Waals surface area contributed by atoms with Gasteiger partial charge in [0.05, 0.1) is 12.1 Å². The number of carboxylic acids is 1. The Bertz CT molecular complexity index is 318. The zero-order chi connectivity index (χ0) is 9.14. The Morgan fingerprint density at radius 1 is 1.67 bits per heavy atom. The average molecular weight is 185 g/mol. The maximum absolute atomic E-state index is 10.7. The summed E-state index contributed by atoms with van der Waals surface area (Å²) in [5.74, 6) is -1.06. The topological polar surface area (TPSA) is 67.3 Å². The lowest BCUT2D eigenvalue weighted by atomic mass is 10.3. The van der Waals surface area contributed by atoms with Crippen LogP contribution in [-0.2, 0) is 11.2 Å². The van der Waals surface area contributed by atoms with Crippen molar-refractivity contribution in [2.45, 2.75) is 13.3 Å². The van der Waals surface area contributed by atoms with Crippen LogP contribution < -0.4 is 0 Å². The van der Waals surface area contributed by atoms with Crippen molar-refractivity contribution >= 4 is 23.1 Å². The van der Waals surface area contributed by atoms with Crippen LogP contribution in [0.15, 0.2) is 5.38 Å². The second-order valence-corrected chi connectivity index (χ2v) is 3.13. The van der Waals surface area contributed by atoms with Crippen molar-refractivity contribution < 1.29 is 14.7 Å². The van der Waals surface area contributed by atoms with Crippen molar-refractivity contribution in [2.24, 2.45) is 0 Å². The molecule has 0 saturated carbocycles. The molecule has 4 nitrogen and oxygen atoms in total. The van der Waals surface area contributed by atoms with Crippen LogP contribution in [0, 0.1) is 0 Å². The van der Waals surface area contributed by atoms with Crippen LogP contribution in [0.5, 0.6) is 0 Å². The number of aliphatic carboxylic acids is 1. The minimum absolute atomic E-state index is 0.121. The van der Waals surface area contributed by atoms with Crippen molar-refractivity contribution in [2.75, 3.05) is 0 Å². The molecule has 1 rings (SSSR count). The Labute approximate surface area is 72.9 Å². The van der Waals surface area contributed by atoms with Crippen molar-refractivity contribution in [3.05, 3.63) is 16.1 Å². The summed E-state index contributed by atoms with van der Waals surface area (Å²) in [5.41, 5.74) is 0.442. The van der Waals surface area contributed by atoms with Gasteiger partial charge in [-0.2, -0.15) is 0 Å². The number of hydrogen-bond acceptors (Lipinski definition) is 4. The van der Waals surface area contributed by atoms with Gasteiger partial charge >= 0.3 is 5.97 Å². The molecule has 0 aromatic carbocycles. The zero-order valence-electron chi connectivity index (χ0n) is 6.40. The molecule has 0 atom stereocenters. The van der Waals surface area contributed by atoms with Crippen LogP contribution in [0.25, 0.3) is 0 Å². The molecule has 5 heteroatoms. The molecule has 1 N–H and O–H groups in total. The third kappa shape index (κ3) is 2.13. The average Bonchev–Trinajstić information content (AvgIpc) is 2.34. The Morgan fingerprint density at radius 3 is 2.75 bits per heavy atom. The first-order valence-electron chi connectivity index (χ1n) is 3.26. The van der Waals surface area contributed by atoms with E-state index >= 15 is 0 Å². The number of aromatic nitrogens is 1. The van der Waals surface area contributed by atoms with Gasteiger partial charge in [0.25, 0.3) is 0 Å². The van der Waals surface area contributed by atoms with Gasteiger partial charge in [0.15, 0.2) is 10.8 Å². The maximum atomic E-state index is 10.7. The molecule has 1 aromatic heterocycles. The second kappa shape index (κ2) is 3.44. The van der Waals surface area contributed by atoms with Crippen molar-refractivity contribution in [1.29, 1.82) is 0 Å². The Morgan fingerprint density at radius 2 is 2.33 bits per heavy atom. The lowest BCUT2D eigenvalue weighted by Gasteiger charge is -1.86. The molecule has 0 fully saturated rings. The van der Waals surface area contributed by atoms with Gasteiger partial charge in [-0.15, -0.1) is 11.3 Å². The number of thiazole rings is 1. The Kier molecular flexibility index (Phi) is 2.54. The number of nitrogens with zero attached hydrogens (tertiary/aromatic N) is 1. The largest absolute Gasteiger partial charge is 0.481 e. The molecular weight excluding hydrogens is 178 g/mol. The molecule has 1 heterocycles. The van der Waals surface area contributed by atoms with Crippen molar-refractivity contribution in [3.63, 3.8) is 0 Å². The van der Waals surface area contributed by atoms with Crippen molar-refractivity contribution in [1.82, 2.24) is 4.98 Å². The first kappa shape index (κ1) is 8.86. The molecule has 12 heavy (non-hydrogen) atoms. The Balaban J connectivity index is 2.77. The predicted octanol–water partition coefficient (Wildman–Crippen LogP) is 0.973. The summed E-state index contributed by atoms with van der Waals surface area (Å²) in [4.78, 5) is 24.8. The van der Waals surface area contributed by atoms with E-state index in [0.29, 0.717) is 10.7 Å². The highest BCUT2D eigenvalue weighted by Gasteiger charge is 2.08. The van der Waals surface area contributed by atoms with Crippen LogP contribution in [-0.4, -0.2) is 21.8 Å². The van der Waals surface area contributed by atoms with E-state index in [1.54, 1.807) is 5.38 Å². The van der Waals surface area contributed by atoms with Gasteiger partial charge in [-0.25, -0.2) is 4.98 Å². The van der Waals surface area contributed by atoms with E-state index in [-0.39, 0.29) is 12.2 Å². The molecule has 64 valence electrons. The lowest BCUT2D eigenvalue weighted by Crippen LogP contribution is -2.01. The first-order chi connectivity index (χ1) is 5.59. The van der Waals surface area contributed by atoms with Crippen LogP contribution in [0.2, 0.25) is 0 Å². The van der Waals surface area contributed by atoms with Crippen molar-refractivity contribution in [3.8, 4) is 0 Å². The van der Waals surface area contributed by atoms with Crippen LogP contribution in [0.3, 0.4) is 0 Å². The van der Waals surface area contributed by atoms with E-state index in [2.05, 4.69) is 4.98 Å². The quantitative estimate of drug-likeness (QED) is 0.712.